The summed E-state index contributed by atoms with van der Waals surface area (Å²) < 4.78 is 18.2. The Hall–Kier alpha value is -1.29. The van der Waals surface area contributed by atoms with Gasteiger partial charge in [-0.2, -0.15) is 0 Å². The minimum absolute atomic E-state index is 0.138. The third-order valence-corrected chi connectivity index (χ3v) is 1.97. The quantitative estimate of drug-likeness (QED) is 0.611. The Balaban J connectivity index is 3.02. The minimum Gasteiger partial charge on any atom is -0.456 e. The van der Waals surface area contributed by atoms with E-state index in [2.05, 4.69) is 0 Å². The van der Waals surface area contributed by atoms with E-state index < -0.39 is 17.4 Å². The Kier molecular flexibility index (Phi) is 3.43. The number of halogens is 2. The number of hydrogen-bond acceptors (Lipinski definition) is 3. The van der Waals surface area contributed by atoms with Crippen molar-refractivity contribution in [2.24, 2.45) is 0 Å². The first-order chi connectivity index (χ1) is 7.20. The average molecular weight is 246 g/mol. The molecular weight excluding hydrogens is 233 g/mol. The highest BCUT2D eigenvalue weighted by atomic mass is 35.5. The van der Waals surface area contributed by atoms with Crippen LogP contribution in [0.25, 0.3) is 0 Å². The number of nitrogen functional groups attached to an aromatic ring is 1. The Morgan fingerprint density at radius 3 is 2.44 bits per heavy atom. The zero-order valence-electron chi connectivity index (χ0n) is 9.30. The summed E-state index contributed by atoms with van der Waals surface area (Å²) in [6.07, 6.45) is 0. The average Bonchev–Trinajstić information content (AvgIpc) is 2.10. The van der Waals surface area contributed by atoms with Gasteiger partial charge in [0.2, 0.25) is 0 Å². The lowest BCUT2D eigenvalue weighted by atomic mass is 10.1. The van der Waals surface area contributed by atoms with E-state index in [1.807, 2.05) is 0 Å². The fraction of sp³-hybridized carbons (Fsp3) is 0.364. The molecule has 0 aromatic heterocycles. The Morgan fingerprint density at radius 1 is 1.44 bits per heavy atom. The largest absolute Gasteiger partial charge is 0.456 e. The van der Waals surface area contributed by atoms with Crippen LogP contribution in [0.5, 0.6) is 0 Å². The standard InChI is InChI=1S/C11H13ClFNO2/c1-11(2,3)16-10(15)6-4-7(12)9(13)8(14)5-6/h4-5H,14H2,1-3H3. The summed E-state index contributed by atoms with van der Waals surface area (Å²) in [6, 6.07) is 2.40. The molecule has 2 N–H and O–H groups in total. The summed E-state index contributed by atoms with van der Waals surface area (Å²) >= 11 is 5.57. The molecule has 88 valence electrons. The van der Waals surface area contributed by atoms with E-state index >= 15 is 0 Å². The fourth-order valence-electron chi connectivity index (χ4n) is 1.07. The Morgan fingerprint density at radius 2 is 2.00 bits per heavy atom. The van der Waals surface area contributed by atoms with Crippen LogP contribution in [0.15, 0.2) is 12.1 Å². The molecule has 0 bridgehead atoms. The summed E-state index contributed by atoms with van der Waals surface area (Å²) in [5, 5.41) is -0.194. The van der Waals surface area contributed by atoms with E-state index in [9.17, 15) is 9.18 Å². The maximum atomic E-state index is 13.1. The number of carbonyl (C=O) groups is 1. The van der Waals surface area contributed by atoms with Crippen LogP contribution < -0.4 is 5.73 Å². The number of esters is 1. The molecule has 1 aromatic rings. The van der Waals surface area contributed by atoms with Gasteiger partial charge in [0, 0.05) is 0 Å². The van der Waals surface area contributed by atoms with Crippen molar-refractivity contribution in [1.29, 1.82) is 0 Å². The second kappa shape index (κ2) is 4.29. The van der Waals surface area contributed by atoms with Gasteiger partial charge in [0.15, 0.2) is 5.82 Å². The second-order valence-corrected chi connectivity index (χ2v) is 4.77. The first kappa shape index (κ1) is 12.8. The summed E-state index contributed by atoms with van der Waals surface area (Å²) in [5.74, 6) is -1.31. The molecule has 0 radical (unpaired) electrons. The molecule has 0 saturated heterocycles. The highest BCUT2D eigenvalue weighted by Gasteiger charge is 2.19. The van der Waals surface area contributed by atoms with Gasteiger partial charge in [-0.25, -0.2) is 9.18 Å². The molecule has 0 heterocycles. The molecule has 16 heavy (non-hydrogen) atoms. The van der Waals surface area contributed by atoms with Crippen molar-refractivity contribution in [3.63, 3.8) is 0 Å². The van der Waals surface area contributed by atoms with Crippen molar-refractivity contribution in [2.75, 3.05) is 5.73 Å². The van der Waals surface area contributed by atoms with Gasteiger partial charge in [0.25, 0.3) is 0 Å². The predicted octanol–water partition coefficient (Wildman–Crippen LogP) is 3.02. The van der Waals surface area contributed by atoms with E-state index in [0.717, 1.165) is 0 Å². The van der Waals surface area contributed by atoms with Crippen molar-refractivity contribution in [2.45, 2.75) is 26.4 Å². The fourth-order valence-corrected chi connectivity index (χ4v) is 1.29. The molecule has 3 nitrogen and oxygen atoms in total. The lowest BCUT2D eigenvalue weighted by Gasteiger charge is -2.19. The minimum atomic E-state index is -0.728. The van der Waals surface area contributed by atoms with E-state index in [1.54, 1.807) is 20.8 Å². The van der Waals surface area contributed by atoms with Crippen LogP contribution in [0.3, 0.4) is 0 Å². The van der Waals surface area contributed by atoms with Crippen LogP contribution in [0.1, 0.15) is 31.1 Å². The molecule has 0 unspecified atom stereocenters. The number of carbonyl (C=O) groups excluding carboxylic acids is 1. The summed E-state index contributed by atoms with van der Waals surface area (Å²) in [5.41, 5.74) is 4.70. The molecular formula is C11H13ClFNO2. The van der Waals surface area contributed by atoms with Crippen LogP contribution in [0, 0.1) is 5.82 Å². The summed E-state index contributed by atoms with van der Waals surface area (Å²) in [4.78, 5) is 11.6. The van der Waals surface area contributed by atoms with Gasteiger partial charge in [0.05, 0.1) is 16.3 Å². The van der Waals surface area contributed by atoms with E-state index in [0.29, 0.717) is 0 Å². The highest BCUT2D eigenvalue weighted by Crippen LogP contribution is 2.24. The highest BCUT2D eigenvalue weighted by molar-refractivity contribution is 6.31. The first-order valence-electron chi connectivity index (χ1n) is 4.68. The molecule has 0 spiro atoms. The van der Waals surface area contributed by atoms with E-state index in [1.165, 1.54) is 12.1 Å². The van der Waals surface area contributed by atoms with Crippen molar-refractivity contribution in [3.05, 3.63) is 28.5 Å². The van der Waals surface area contributed by atoms with Gasteiger partial charge in [-0.1, -0.05) is 11.6 Å². The van der Waals surface area contributed by atoms with Crippen molar-refractivity contribution in [1.82, 2.24) is 0 Å². The van der Waals surface area contributed by atoms with Gasteiger partial charge in [0.1, 0.15) is 5.60 Å². The third-order valence-electron chi connectivity index (χ3n) is 1.69. The van der Waals surface area contributed by atoms with Crippen molar-refractivity contribution in [3.8, 4) is 0 Å². The molecule has 0 saturated carbocycles. The van der Waals surface area contributed by atoms with Crippen LogP contribution in [0.4, 0.5) is 10.1 Å². The van der Waals surface area contributed by atoms with Crippen LogP contribution in [0.2, 0.25) is 5.02 Å². The molecule has 0 aliphatic carbocycles. The molecule has 0 fully saturated rings. The maximum Gasteiger partial charge on any atom is 0.338 e. The molecule has 1 rings (SSSR count). The first-order valence-corrected chi connectivity index (χ1v) is 5.06. The van der Waals surface area contributed by atoms with Crippen LogP contribution >= 0.6 is 11.6 Å². The predicted molar refractivity (Wildman–Crippen MR) is 61.0 cm³/mol. The van der Waals surface area contributed by atoms with Crippen LogP contribution in [-0.2, 0) is 4.74 Å². The van der Waals surface area contributed by atoms with Crippen molar-refractivity contribution >= 4 is 23.3 Å². The maximum absolute atomic E-state index is 13.1. The third kappa shape index (κ3) is 3.10. The van der Waals surface area contributed by atoms with Gasteiger partial charge in [-0.15, -0.1) is 0 Å². The zero-order valence-corrected chi connectivity index (χ0v) is 10.1. The number of anilines is 1. The van der Waals surface area contributed by atoms with E-state index in [4.69, 9.17) is 22.1 Å². The number of hydrogen-bond donors (Lipinski definition) is 1. The lowest BCUT2D eigenvalue weighted by Crippen LogP contribution is -2.24. The SMILES string of the molecule is CC(C)(C)OC(=O)c1cc(N)c(F)c(Cl)c1. The number of nitrogens with two attached hydrogens (primary N) is 1. The van der Waals surface area contributed by atoms with Gasteiger partial charge in [-0.3, -0.25) is 0 Å². The molecule has 5 heteroatoms. The van der Waals surface area contributed by atoms with Gasteiger partial charge in [-0.05, 0) is 32.9 Å². The monoisotopic (exact) mass is 245 g/mol. The second-order valence-electron chi connectivity index (χ2n) is 4.36. The molecule has 0 amide bonds. The van der Waals surface area contributed by atoms with Gasteiger partial charge >= 0.3 is 5.97 Å². The lowest BCUT2D eigenvalue weighted by molar-refractivity contribution is 0.00695. The molecule has 1 aromatic carbocycles. The molecule has 0 aliphatic heterocycles. The summed E-state index contributed by atoms with van der Waals surface area (Å²) in [7, 11) is 0. The summed E-state index contributed by atoms with van der Waals surface area (Å²) in [6.45, 7) is 5.21. The zero-order chi connectivity index (χ0) is 12.5. The Bertz CT molecular complexity index is 403. The smallest absolute Gasteiger partial charge is 0.338 e. The Labute approximate surface area is 98.3 Å². The number of rotatable bonds is 1. The van der Waals surface area contributed by atoms with E-state index in [-0.39, 0.29) is 16.3 Å². The molecule has 0 atom stereocenters. The number of benzene rings is 1. The van der Waals surface area contributed by atoms with Gasteiger partial charge < -0.3 is 10.5 Å². The molecule has 0 aliphatic rings. The number of ether oxygens (including phenoxy) is 1. The van der Waals surface area contributed by atoms with Crippen molar-refractivity contribution < 1.29 is 13.9 Å². The van der Waals surface area contributed by atoms with Crippen LogP contribution in [-0.4, -0.2) is 11.6 Å². The topological polar surface area (TPSA) is 52.3 Å². The normalized spacial score (nSPS) is 11.3.